The van der Waals surface area contributed by atoms with Crippen LogP contribution in [0.15, 0.2) is 0 Å². The summed E-state index contributed by atoms with van der Waals surface area (Å²) in [6, 6.07) is 0. The van der Waals surface area contributed by atoms with Crippen LogP contribution in [-0.2, 0) is 9.53 Å². The van der Waals surface area contributed by atoms with Gasteiger partial charge in [-0.25, -0.2) is 4.79 Å². The Bertz CT molecular complexity index is 152. The molecule has 0 heterocycles. The highest BCUT2D eigenvalue weighted by Gasteiger charge is 2.40. The molecule has 0 aliphatic carbocycles. The number of esters is 1. The molecule has 0 N–H and O–H groups in total. The molecular weight excluding hydrogens is 137 g/mol. The molecule has 0 spiro atoms. The van der Waals surface area contributed by atoms with Crippen LogP contribution >= 0.6 is 0 Å². The number of ether oxygens (including phenoxy) is 1. The third-order valence-corrected chi connectivity index (χ3v) is 0.383. The summed E-state index contributed by atoms with van der Waals surface area (Å²) in [6.07, 6.45) is 0.344. The van der Waals surface area contributed by atoms with E-state index in [-0.39, 0.29) is 0 Å². The molecule has 0 fully saturated rings. The van der Waals surface area contributed by atoms with Crippen LogP contribution < -0.4 is 0 Å². The van der Waals surface area contributed by atoms with Crippen molar-refractivity contribution in [3.63, 3.8) is 0 Å². The topological polar surface area (TPSA) is 26.3 Å². The summed E-state index contributed by atoms with van der Waals surface area (Å²) < 4.78 is 36.4. The third-order valence-electron chi connectivity index (χ3n) is 0.383. The molecule has 0 unspecified atom stereocenters. The van der Waals surface area contributed by atoms with Crippen LogP contribution in [0, 0.1) is 12.5 Å². The van der Waals surface area contributed by atoms with E-state index in [4.69, 9.17) is 0 Å². The molecule has 9 heavy (non-hydrogen) atoms. The van der Waals surface area contributed by atoms with Crippen molar-refractivity contribution >= 4 is 5.97 Å². The first kappa shape index (κ1) is 7.82. The lowest BCUT2D eigenvalue weighted by atomic mass is 10.7. The highest BCUT2D eigenvalue weighted by molar-refractivity contribution is 5.76. The van der Waals surface area contributed by atoms with Crippen LogP contribution in [0.1, 0.15) is 0 Å². The van der Waals surface area contributed by atoms with Gasteiger partial charge in [0.2, 0.25) is 0 Å². The lowest BCUT2D eigenvalue weighted by Gasteiger charge is -1.98. The zero-order valence-electron chi connectivity index (χ0n) is 4.03. The Kier molecular flexibility index (Phi) is 2.08. The van der Waals surface area contributed by atoms with Gasteiger partial charge in [0.05, 0.1) is 0 Å². The number of halogens is 3. The van der Waals surface area contributed by atoms with Crippen molar-refractivity contribution in [1.82, 2.24) is 0 Å². The standard InChI is InChI=1S/C4HF3O2/c1-2-9-3(8)4(5,6)7/h1H. The molecule has 0 aliphatic rings. The lowest BCUT2D eigenvalue weighted by molar-refractivity contribution is -0.192. The van der Waals surface area contributed by atoms with E-state index in [0.717, 1.165) is 6.11 Å². The Morgan fingerprint density at radius 3 is 2.11 bits per heavy atom. The van der Waals surface area contributed by atoms with E-state index in [1.807, 2.05) is 0 Å². The molecule has 0 rings (SSSR count). The maximum Gasteiger partial charge on any atom is 0.492 e. The maximum atomic E-state index is 11.1. The van der Waals surface area contributed by atoms with E-state index in [0.29, 0.717) is 0 Å². The molecule has 0 aromatic heterocycles. The van der Waals surface area contributed by atoms with Crippen LogP contribution in [0.2, 0.25) is 0 Å². The van der Waals surface area contributed by atoms with Crippen molar-refractivity contribution in [2.24, 2.45) is 0 Å². The predicted molar refractivity (Wildman–Crippen MR) is 21.0 cm³/mol. The smallest absolute Gasteiger partial charge is 0.366 e. The van der Waals surface area contributed by atoms with Gasteiger partial charge < -0.3 is 4.74 Å². The van der Waals surface area contributed by atoms with Crippen LogP contribution in [-0.4, -0.2) is 12.1 Å². The Morgan fingerprint density at radius 2 is 2.00 bits per heavy atom. The Hall–Kier alpha value is -1.18. The fraction of sp³-hybridized carbons (Fsp3) is 0.250. The second kappa shape index (κ2) is 2.40. The first-order chi connectivity index (χ1) is 3.98. The predicted octanol–water partition coefficient (Wildman–Crippen LogP) is 0.683. The van der Waals surface area contributed by atoms with E-state index in [9.17, 15) is 18.0 Å². The molecule has 0 radical (unpaired) electrons. The molecule has 0 aromatic rings. The van der Waals surface area contributed by atoms with Crippen molar-refractivity contribution in [2.45, 2.75) is 6.18 Å². The fourth-order valence-electron chi connectivity index (χ4n) is 0.111. The molecule has 0 saturated heterocycles. The fourth-order valence-corrected chi connectivity index (χ4v) is 0.111. The molecule has 0 amide bonds. The molecule has 2 nitrogen and oxygen atoms in total. The van der Waals surface area contributed by atoms with Gasteiger partial charge in [0.1, 0.15) is 6.11 Å². The van der Waals surface area contributed by atoms with Crippen molar-refractivity contribution in [1.29, 1.82) is 0 Å². The normalized spacial score (nSPS) is 10.0. The first-order valence-electron chi connectivity index (χ1n) is 1.72. The molecule has 5 heteroatoms. The molecule has 0 bridgehead atoms. The molecule has 0 atom stereocenters. The first-order valence-corrected chi connectivity index (χ1v) is 1.72. The molecule has 0 saturated carbocycles. The number of hydrogen-bond acceptors (Lipinski definition) is 2. The number of rotatable bonds is 0. The number of carbonyl (C=O) groups is 1. The zero-order valence-corrected chi connectivity index (χ0v) is 4.03. The summed E-state index contributed by atoms with van der Waals surface area (Å²) in [5.74, 6) is -2.37. The minimum Gasteiger partial charge on any atom is -0.366 e. The van der Waals surface area contributed by atoms with E-state index < -0.39 is 12.1 Å². The van der Waals surface area contributed by atoms with Crippen LogP contribution in [0.25, 0.3) is 0 Å². The summed E-state index contributed by atoms with van der Waals surface area (Å²) >= 11 is 0. The van der Waals surface area contributed by atoms with E-state index in [2.05, 4.69) is 11.2 Å². The van der Waals surface area contributed by atoms with Gasteiger partial charge in [-0.3, -0.25) is 0 Å². The van der Waals surface area contributed by atoms with Crippen LogP contribution in [0.5, 0.6) is 0 Å². The van der Waals surface area contributed by atoms with Gasteiger partial charge in [-0.05, 0) is 0 Å². The van der Waals surface area contributed by atoms with E-state index >= 15 is 0 Å². The summed E-state index contributed by atoms with van der Waals surface area (Å²) in [7, 11) is 0. The highest BCUT2D eigenvalue weighted by atomic mass is 19.4. The second-order valence-corrected chi connectivity index (χ2v) is 1.01. The minimum absolute atomic E-state index is 1.10. The average molecular weight is 138 g/mol. The molecule has 0 aliphatic heterocycles. The van der Waals surface area contributed by atoms with Crippen LogP contribution in [0.4, 0.5) is 13.2 Å². The Morgan fingerprint density at radius 1 is 1.56 bits per heavy atom. The van der Waals surface area contributed by atoms with Gasteiger partial charge >= 0.3 is 12.1 Å². The van der Waals surface area contributed by atoms with Gasteiger partial charge in [-0.1, -0.05) is 6.42 Å². The number of terminal acetylenes is 1. The summed E-state index contributed by atoms with van der Waals surface area (Å²) in [5.41, 5.74) is 0. The maximum absolute atomic E-state index is 11.1. The highest BCUT2D eigenvalue weighted by Crippen LogP contribution is 2.15. The van der Waals surface area contributed by atoms with Crippen molar-refractivity contribution in [3.05, 3.63) is 0 Å². The van der Waals surface area contributed by atoms with Crippen molar-refractivity contribution in [3.8, 4) is 12.5 Å². The quantitative estimate of drug-likeness (QED) is 0.363. The zero-order chi connectivity index (χ0) is 7.49. The summed E-state index contributed by atoms with van der Waals surface area (Å²) in [6.45, 7) is 0. The Balaban J connectivity index is 3.93. The number of carbonyl (C=O) groups excluding carboxylic acids is 1. The number of hydrogen-bond donors (Lipinski definition) is 0. The third kappa shape index (κ3) is 2.59. The molecular formula is C4HF3O2. The van der Waals surface area contributed by atoms with E-state index in [1.54, 1.807) is 0 Å². The van der Waals surface area contributed by atoms with Crippen molar-refractivity contribution < 1.29 is 22.7 Å². The van der Waals surface area contributed by atoms with Crippen LogP contribution in [0.3, 0.4) is 0 Å². The number of alkyl halides is 3. The summed E-state index contributed by atoms with van der Waals surface area (Å²) in [5, 5.41) is 0. The SMILES string of the molecule is C#COC(=O)C(F)(F)F. The summed E-state index contributed by atoms with van der Waals surface area (Å²) in [4.78, 5) is 9.57. The van der Waals surface area contributed by atoms with Gasteiger partial charge in [-0.2, -0.15) is 13.2 Å². The van der Waals surface area contributed by atoms with Gasteiger partial charge in [0, 0.05) is 0 Å². The molecule has 0 aromatic carbocycles. The van der Waals surface area contributed by atoms with Crippen molar-refractivity contribution in [2.75, 3.05) is 0 Å². The largest absolute Gasteiger partial charge is 0.492 e. The lowest BCUT2D eigenvalue weighted by Crippen LogP contribution is -2.23. The molecule has 50 valence electrons. The monoisotopic (exact) mass is 138 g/mol. The average Bonchev–Trinajstić information content (AvgIpc) is 1.64. The van der Waals surface area contributed by atoms with Gasteiger partial charge in [0.25, 0.3) is 0 Å². The minimum atomic E-state index is -4.99. The van der Waals surface area contributed by atoms with E-state index in [1.165, 1.54) is 0 Å². The van der Waals surface area contributed by atoms with Gasteiger partial charge in [0.15, 0.2) is 0 Å². The van der Waals surface area contributed by atoms with Gasteiger partial charge in [-0.15, -0.1) is 0 Å². The second-order valence-electron chi connectivity index (χ2n) is 1.01. The Labute approximate surface area is 48.6 Å².